The SMILES string of the molecule is C=CC1C(C(O)CCc2ccccc2)C(=O)N1[Si](C)(C)C(C)(C)C. The molecule has 1 aliphatic rings. The lowest BCUT2D eigenvalue weighted by Gasteiger charge is -2.58. The van der Waals surface area contributed by atoms with E-state index in [0.717, 1.165) is 6.42 Å². The van der Waals surface area contributed by atoms with Crippen LogP contribution in [0.5, 0.6) is 0 Å². The maximum absolute atomic E-state index is 12.8. The lowest BCUT2D eigenvalue weighted by Crippen LogP contribution is -2.74. The second kappa shape index (κ2) is 6.85. The van der Waals surface area contributed by atoms with Crippen molar-refractivity contribution < 1.29 is 9.90 Å². The van der Waals surface area contributed by atoms with Crippen LogP contribution >= 0.6 is 0 Å². The molecule has 1 aromatic rings. The molecule has 0 aromatic heterocycles. The fourth-order valence-corrected chi connectivity index (χ4v) is 5.76. The molecule has 3 unspecified atom stereocenters. The van der Waals surface area contributed by atoms with Gasteiger partial charge in [-0.05, 0) is 23.4 Å². The zero-order valence-electron chi connectivity index (χ0n) is 15.6. The van der Waals surface area contributed by atoms with Crippen molar-refractivity contribution in [2.45, 2.75) is 63.9 Å². The van der Waals surface area contributed by atoms with Crippen LogP contribution in [0, 0.1) is 5.92 Å². The van der Waals surface area contributed by atoms with Gasteiger partial charge in [-0.25, -0.2) is 0 Å². The van der Waals surface area contributed by atoms with Crippen molar-refractivity contribution in [2.24, 2.45) is 5.92 Å². The van der Waals surface area contributed by atoms with Crippen molar-refractivity contribution in [1.82, 2.24) is 4.57 Å². The fraction of sp³-hybridized carbons (Fsp3) is 0.550. The van der Waals surface area contributed by atoms with Gasteiger partial charge in [-0.15, -0.1) is 6.58 Å². The van der Waals surface area contributed by atoms with Crippen molar-refractivity contribution >= 4 is 14.1 Å². The summed E-state index contributed by atoms with van der Waals surface area (Å²) >= 11 is 0. The van der Waals surface area contributed by atoms with Crippen LogP contribution < -0.4 is 0 Å². The Hall–Kier alpha value is -1.39. The molecule has 1 N–H and O–H groups in total. The summed E-state index contributed by atoms with van der Waals surface area (Å²) in [4.78, 5) is 12.8. The Morgan fingerprint density at radius 3 is 2.38 bits per heavy atom. The van der Waals surface area contributed by atoms with Crippen LogP contribution in [0.1, 0.15) is 32.8 Å². The van der Waals surface area contributed by atoms with Crippen LogP contribution in [0.15, 0.2) is 43.0 Å². The van der Waals surface area contributed by atoms with Gasteiger partial charge in [0.25, 0.3) is 0 Å². The predicted molar refractivity (Wildman–Crippen MR) is 102 cm³/mol. The minimum absolute atomic E-state index is 0.0378. The monoisotopic (exact) mass is 345 g/mol. The minimum Gasteiger partial charge on any atom is -0.392 e. The summed E-state index contributed by atoms with van der Waals surface area (Å²) in [6.07, 6.45) is 2.63. The highest BCUT2D eigenvalue weighted by molar-refractivity contribution is 6.80. The summed E-state index contributed by atoms with van der Waals surface area (Å²) < 4.78 is 2.04. The number of benzene rings is 1. The van der Waals surface area contributed by atoms with Crippen LogP contribution in [0.2, 0.25) is 18.1 Å². The maximum atomic E-state index is 12.8. The number of nitrogens with zero attached hydrogens (tertiary/aromatic N) is 1. The van der Waals surface area contributed by atoms with Gasteiger partial charge in [0.05, 0.1) is 18.1 Å². The summed E-state index contributed by atoms with van der Waals surface area (Å²) in [6, 6.07) is 10.1. The number of β-lactam (4-membered cyclic amide) rings is 1. The zero-order valence-corrected chi connectivity index (χ0v) is 16.6. The normalized spacial score (nSPS) is 22.9. The van der Waals surface area contributed by atoms with E-state index >= 15 is 0 Å². The van der Waals surface area contributed by atoms with E-state index in [1.54, 1.807) is 0 Å². The Balaban J connectivity index is 2.07. The molecule has 1 amide bonds. The topological polar surface area (TPSA) is 40.5 Å². The summed E-state index contributed by atoms with van der Waals surface area (Å²) in [7, 11) is -1.94. The number of amides is 1. The molecule has 1 fully saturated rings. The molecule has 132 valence electrons. The summed E-state index contributed by atoms with van der Waals surface area (Å²) in [5, 5.41) is 10.7. The number of hydrogen-bond acceptors (Lipinski definition) is 2. The van der Waals surface area contributed by atoms with Crippen LogP contribution in [0.4, 0.5) is 0 Å². The number of aryl methyl sites for hydroxylation is 1. The van der Waals surface area contributed by atoms with Crippen molar-refractivity contribution in [1.29, 1.82) is 0 Å². The predicted octanol–water partition coefficient (Wildman–Crippen LogP) is 4.00. The molecule has 1 heterocycles. The average Bonchev–Trinajstić information content (AvgIpc) is 2.50. The summed E-state index contributed by atoms with van der Waals surface area (Å²) in [6.45, 7) is 15.0. The van der Waals surface area contributed by atoms with Gasteiger partial charge in [0.15, 0.2) is 8.24 Å². The number of hydrogen-bond donors (Lipinski definition) is 1. The third-order valence-electron chi connectivity index (χ3n) is 5.85. The molecular weight excluding hydrogens is 314 g/mol. The van der Waals surface area contributed by atoms with Gasteiger partial charge >= 0.3 is 0 Å². The number of aliphatic hydroxyl groups is 1. The third-order valence-corrected chi connectivity index (χ3v) is 11.2. The van der Waals surface area contributed by atoms with Crippen LogP contribution in [-0.4, -0.2) is 36.0 Å². The molecule has 1 aromatic carbocycles. The Morgan fingerprint density at radius 1 is 1.29 bits per heavy atom. The first-order valence-electron chi connectivity index (χ1n) is 8.79. The lowest BCUT2D eigenvalue weighted by atomic mass is 9.83. The highest BCUT2D eigenvalue weighted by atomic mass is 28.3. The second-order valence-electron chi connectivity index (χ2n) is 8.36. The van der Waals surface area contributed by atoms with E-state index in [1.165, 1.54) is 5.56 Å². The third kappa shape index (κ3) is 3.35. The molecule has 0 spiro atoms. The Labute approximate surface area is 147 Å². The quantitative estimate of drug-likeness (QED) is 0.481. The molecule has 4 heteroatoms. The van der Waals surface area contributed by atoms with E-state index in [1.807, 2.05) is 28.8 Å². The van der Waals surface area contributed by atoms with E-state index in [2.05, 4.69) is 52.6 Å². The molecular formula is C20H31NO2Si. The van der Waals surface area contributed by atoms with Crippen molar-refractivity contribution in [3.63, 3.8) is 0 Å². The van der Waals surface area contributed by atoms with Gasteiger partial charge in [0.2, 0.25) is 5.91 Å². The van der Waals surface area contributed by atoms with Crippen LogP contribution in [0.25, 0.3) is 0 Å². The molecule has 1 saturated heterocycles. The van der Waals surface area contributed by atoms with Crippen molar-refractivity contribution in [3.05, 3.63) is 48.6 Å². The number of rotatable bonds is 6. The van der Waals surface area contributed by atoms with Gasteiger partial charge in [-0.2, -0.15) is 0 Å². The Morgan fingerprint density at radius 2 is 1.88 bits per heavy atom. The summed E-state index contributed by atoms with van der Waals surface area (Å²) in [5.74, 6) is -0.229. The Bertz CT molecular complexity index is 591. The van der Waals surface area contributed by atoms with Gasteiger partial charge in [-0.1, -0.05) is 70.3 Å². The first-order valence-corrected chi connectivity index (χ1v) is 11.7. The number of carbonyl (C=O) groups is 1. The Kier molecular flexibility index (Phi) is 5.40. The van der Waals surface area contributed by atoms with Gasteiger partial charge < -0.3 is 9.67 Å². The first-order chi connectivity index (χ1) is 11.1. The first kappa shape index (κ1) is 18.9. The van der Waals surface area contributed by atoms with Gasteiger partial charge in [-0.3, -0.25) is 4.79 Å². The molecule has 24 heavy (non-hydrogen) atoms. The molecule has 1 aliphatic heterocycles. The minimum atomic E-state index is -1.94. The standard InChI is InChI=1S/C20H31NO2Si/c1-7-16-18(17(22)14-13-15-11-9-8-10-12-15)19(23)21(16)24(5,6)20(2,3)4/h7-12,16-18,22H,1,13-14H2,2-6H3. The highest BCUT2D eigenvalue weighted by Crippen LogP contribution is 2.46. The van der Waals surface area contributed by atoms with Crippen LogP contribution in [-0.2, 0) is 11.2 Å². The zero-order chi connectivity index (χ0) is 18.1. The molecule has 3 atom stereocenters. The summed E-state index contributed by atoms with van der Waals surface area (Å²) in [5.41, 5.74) is 1.19. The van der Waals surface area contributed by atoms with E-state index in [4.69, 9.17) is 0 Å². The largest absolute Gasteiger partial charge is 0.392 e. The molecule has 3 nitrogen and oxygen atoms in total. The number of aliphatic hydroxyl groups excluding tert-OH is 1. The van der Waals surface area contributed by atoms with Crippen LogP contribution in [0.3, 0.4) is 0 Å². The second-order valence-corrected chi connectivity index (χ2v) is 13.5. The highest BCUT2D eigenvalue weighted by Gasteiger charge is 2.57. The molecule has 2 rings (SSSR count). The number of carbonyl (C=O) groups excluding carboxylic acids is 1. The van der Waals surface area contributed by atoms with Crippen molar-refractivity contribution in [2.75, 3.05) is 0 Å². The molecule has 0 radical (unpaired) electrons. The fourth-order valence-electron chi connectivity index (χ4n) is 3.32. The van der Waals surface area contributed by atoms with E-state index < -0.39 is 14.3 Å². The van der Waals surface area contributed by atoms with Crippen molar-refractivity contribution in [3.8, 4) is 0 Å². The van der Waals surface area contributed by atoms with Gasteiger partial charge in [0.1, 0.15) is 0 Å². The molecule has 0 saturated carbocycles. The maximum Gasteiger partial charge on any atom is 0.223 e. The lowest BCUT2D eigenvalue weighted by molar-refractivity contribution is -0.152. The van der Waals surface area contributed by atoms with E-state index in [-0.39, 0.29) is 22.9 Å². The molecule has 0 bridgehead atoms. The smallest absolute Gasteiger partial charge is 0.223 e. The van der Waals surface area contributed by atoms with E-state index in [0.29, 0.717) is 6.42 Å². The van der Waals surface area contributed by atoms with E-state index in [9.17, 15) is 9.90 Å². The molecule has 0 aliphatic carbocycles. The average molecular weight is 346 g/mol. The van der Waals surface area contributed by atoms with Gasteiger partial charge in [0, 0.05) is 0 Å².